The minimum atomic E-state index is -1.23. The van der Waals surface area contributed by atoms with Crippen LogP contribution >= 0.6 is 0 Å². The molecule has 128 valence electrons. The molecule has 0 heterocycles. The number of nitro groups is 2. The van der Waals surface area contributed by atoms with Crippen LogP contribution in [-0.4, -0.2) is 21.8 Å². The summed E-state index contributed by atoms with van der Waals surface area (Å²) >= 11 is 0. The van der Waals surface area contributed by atoms with Crippen LogP contribution in [0.5, 0.6) is 5.75 Å². The van der Waals surface area contributed by atoms with E-state index in [2.05, 4.69) is 9.99 Å². The minimum absolute atomic E-state index is 0.000259. The summed E-state index contributed by atoms with van der Waals surface area (Å²) in [5.74, 6) is -0.274. The monoisotopic (exact) mass is 346 g/mol. The highest BCUT2D eigenvalue weighted by Gasteiger charge is 2.11. The molecule has 0 bridgehead atoms. The van der Waals surface area contributed by atoms with Crippen molar-refractivity contribution in [3.05, 3.63) is 74.3 Å². The number of oxime groups is 1. The number of carbonyl (C=O) groups is 1. The lowest BCUT2D eigenvalue weighted by Crippen LogP contribution is -2.16. The molecule has 2 aromatic carbocycles. The highest BCUT2D eigenvalue weighted by Crippen LogP contribution is 2.18. The number of hydrogen-bond donors (Lipinski definition) is 1. The second kappa shape index (κ2) is 7.50. The molecule has 11 nitrogen and oxygen atoms in total. The fourth-order valence-electron chi connectivity index (χ4n) is 1.67. The molecule has 0 aliphatic rings. The molecule has 0 unspecified atom stereocenters. The number of nitrogens with two attached hydrogens (primary N) is 1. The topological polar surface area (TPSA) is 160 Å². The summed E-state index contributed by atoms with van der Waals surface area (Å²) in [6.07, 6.45) is -1.23. The van der Waals surface area contributed by atoms with Crippen molar-refractivity contribution in [1.82, 2.24) is 0 Å². The number of hydrogen-bond acceptors (Lipinski definition) is 8. The van der Waals surface area contributed by atoms with Gasteiger partial charge in [-0.3, -0.25) is 25.1 Å². The van der Waals surface area contributed by atoms with E-state index >= 15 is 0 Å². The number of non-ortho nitro benzene ring substituents is 2. The van der Waals surface area contributed by atoms with E-state index in [1.807, 2.05) is 0 Å². The fraction of sp³-hybridized carbons (Fsp3) is 0. The van der Waals surface area contributed by atoms with Crippen LogP contribution in [0.15, 0.2) is 53.7 Å². The molecule has 0 radical (unpaired) electrons. The van der Waals surface area contributed by atoms with E-state index in [0.717, 1.165) is 18.2 Å². The third-order valence-corrected chi connectivity index (χ3v) is 2.82. The largest absolute Gasteiger partial charge is 0.540 e. The van der Waals surface area contributed by atoms with Crippen LogP contribution in [0.4, 0.5) is 16.2 Å². The van der Waals surface area contributed by atoms with E-state index in [0.29, 0.717) is 0 Å². The second-order valence-electron chi connectivity index (χ2n) is 4.48. The van der Waals surface area contributed by atoms with Gasteiger partial charge in [-0.25, -0.2) is 4.79 Å². The number of nitro benzene ring substituents is 2. The molecule has 0 aliphatic heterocycles. The first-order valence-corrected chi connectivity index (χ1v) is 6.58. The van der Waals surface area contributed by atoms with Gasteiger partial charge in [0.05, 0.1) is 9.85 Å². The first kappa shape index (κ1) is 17.3. The number of amidine groups is 1. The number of ether oxygens (including phenoxy) is 1. The Hall–Kier alpha value is -4.02. The number of nitrogens with zero attached hydrogens (tertiary/aromatic N) is 3. The predicted octanol–water partition coefficient (Wildman–Crippen LogP) is 2.34. The van der Waals surface area contributed by atoms with Gasteiger partial charge in [-0.15, -0.1) is 0 Å². The van der Waals surface area contributed by atoms with Crippen molar-refractivity contribution in [3.8, 4) is 5.75 Å². The lowest BCUT2D eigenvalue weighted by molar-refractivity contribution is -0.385. The average Bonchev–Trinajstić information content (AvgIpc) is 2.60. The first-order chi connectivity index (χ1) is 11.9. The Morgan fingerprint density at radius 1 is 1.00 bits per heavy atom. The molecule has 11 heteroatoms. The normalized spacial score (nSPS) is 10.8. The van der Waals surface area contributed by atoms with Crippen LogP contribution < -0.4 is 10.5 Å². The van der Waals surface area contributed by atoms with Gasteiger partial charge in [0, 0.05) is 29.8 Å². The number of carbonyl (C=O) groups excluding carboxylic acids is 1. The lowest BCUT2D eigenvalue weighted by atomic mass is 10.2. The van der Waals surface area contributed by atoms with Gasteiger partial charge in [-0.1, -0.05) is 17.3 Å². The summed E-state index contributed by atoms with van der Waals surface area (Å²) in [5, 5.41) is 24.5. The van der Waals surface area contributed by atoms with Gasteiger partial charge < -0.3 is 10.5 Å². The predicted molar refractivity (Wildman–Crippen MR) is 84.0 cm³/mol. The zero-order valence-corrected chi connectivity index (χ0v) is 12.4. The van der Waals surface area contributed by atoms with Crippen molar-refractivity contribution >= 4 is 23.4 Å². The maximum absolute atomic E-state index is 11.5. The summed E-state index contributed by atoms with van der Waals surface area (Å²) in [4.78, 5) is 35.9. The SMILES string of the molecule is N/C(=N\OC(=O)Oc1ccc([N+](=O)[O-])cc1)c1cccc([N+](=O)[O-])c1. The zero-order chi connectivity index (χ0) is 18.4. The summed E-state index contributed by atoms with van der Waals surface area (Å²) < 4.78 is 4.74. The maximum Gasteiger partial charge on any atom is 0.540 e. The molecule has 0 spiro atoms. The molecular formula is C14H10N4O7. The molecule has 0 saturated carbocycles. The van der Waals surface area contributed by atoms with Crippen LogP contribution in [-0.2, 0) is 4.84 Å². The van der Waals surface area contributed by atoms with Gasteiger partial charge >= 0.3 is 6.16 Å². The smallest absolute Gasteiger partial charge is 0.393 e. The van der Waals surface area contributed by atoms with Gasteiger partial charge in [-0.05, 0) is 12.1 Å². The molecule has 0 atom stereocenters. The fourth-order valence-corrected chi connectivity index (χ4v) is 1.67. The van der Waals surface area contributed by atoms with E-state index in [4.69, 9.17) is 10.5 Å². The molecule has 2 rings (SSSR count). The number of rotatable bonds is 5. The Morgan fingerprint density at radius 2 is 1.64 bits per heavy atom. The molecule has 2 N–H and O–H groups in total. The van der Waals surface area contributed by atoms with Crippen LogP contribution in [0.1, 0.15) is 5.56 Å². The molecular weight excluding hydrogens is 336 g/mol. The van der Waals surface area contributed by atoms with Crippen LogP contribution in [0.25, 0.3) is 0 Å². The van der Waals surface area contributed by atoms with E-state index < -0.39 is 16.0 Å². The van der Waals surface area contributed by atoms with Crippen LogP contribution in [0, 0.1) is 20.2 Å². The molecule has 0 aliphatic carbocycles. The third-order valence-electron chi connectivity index (χ3n) is 2.82. The molecule has 0 amide bonds. The van der Waals surface area contributed by atoms with E-state index in [1.54, 1.807) is 0 Å². The van der Waals surface area contributed by atoms with E-state index in [-0.39, 0.29) is 28.5 Å². The van der Waals surface area contributed by atoms with Crippen molar-refractivity contribution < 1.29 is 24.2 Å². The maximum atomic E-state index is 11.5. The summed E-state index contributed by atoms with van der Waals surface area (Å²) in [5.41, 5.74) is 5.38. The Bertz CT molecular complexity index is 849. The Morgan fingerprint density at radius 3 is 2.24 bits per heavy atom. The Balaban J connectivity index is 2.00. The van der Waals surface area contributed by atoms with Gasteiger partial charge in [0.1, 0.15) is 5.75 Å². The summed E-state index contributed by atoms with van der Waals surface area (Å²) in [7, 11) is 0. The van der Waals surface area contributed by atoms with Crippen molar-refractivity contribution in [3.63, 3.8) is 0 Å². The van der Waals surface area contributed by atoms with E-state index in [1.165, 1.54) is 30.3 Å². The van der Waals surface area contributed by atoms with Crippen LogP contribution in [0.3, 0.4) is 0 Å². The van der Waals surface area contributed by atoms with Crippen molar-refractivity contribution in [2.45, 2.75) is 0 Å². The molecule has 0 fully saturated rings. The summed E-state index contributed by atoms with van der Waals surface area (Å²) in [6.45, 7) is 0. The zero-order valence-electron chi connectivity index (χ0n) is 12.4. The highest BCUT2D eigenvalue weighted by molar-refractivity contribution is 5.97. The van der Waals surface area contributed by atoms with Crippen molar-refractivity contribution in [1.29, 1.82) is 0 Å². The average molecular weight is 346 g/mol. The molecule has 2 aromatic rings. The van der Waals surface area contributed by atoms with Crippen LogP contribution in [0.2, 0.25) is 0 Å². The number of benzene rings is 2. The highest BCUT2D eigenvalue weighted by atomic mass is 16.8. The lowest BCUT2D eigenvalue weighted by Gasteiger charge is -2.03. The van der Waals surface area contributed by atoms with Crippen molar-refractivity contribution in [2.24, 2.45) is 10.9 Å². The van der Waals surface area contributed by atoms with Crippen molar-refractivity contribution in [2.75, 3.05) is 0 Å². The Kier molecular flexibility index (Phi) is 5.20. The van der Waals surface area contributed by atoms with Gasteiger partial charge in [0.25, 0.3) is 11.4 Å². The van der Waals surface area contributed by atoms with Gasteiger partial charge in [-0.2, -0.15) is 0 Å². The first-order valence-electron chi connectivity index (χ1n) is 6.58. The Labute approximate surface area is 139 Å². The minimum Gasteiger partial charge on any atom is -0.393 e. The molecule has 25 heavy (non-hydrogen) atoms. The van der Waals surface area contributed by atoms with Gasteiger partial charge in [0.2, 0.25) is 0 Å². The standard InChI is InChI=1S/C14H10N4O7/c15-13(9-2-1-3-11(8-9)18(22)23)16-25-14(19)24-12-6-4-10(5-7-12)17(20)21/h1-8H,(H2,15,16). The summed E-state index contributed by atoms with van der Waals surface area (Å²) in [6, 6.07) is 9.94. The third kappa shape index (κ3) is 4.72. The molecule has 0 saturated heterocycles. The van der Waals surface area contributed by atoms with E-state index in [9.17, 15) is 25.0 Å². The van der Waals surface area contributed by atoms with Gasteiger partial charge in [0.15, 0.2) is 5.84 Å². The second-order valence-corrected chi connectivity index (χ2v) is 4.48. The quantitative estimate of drug-likeness (QED) is 0.164. The molecule has 0 aromatic heterocycles.